The molecule has 1 aliphatic heterocycles. The fourth-order valence-electron chi connectivity index (χ4n) is 5.27. The van der Waals surface area contributed by atoms with Crippen molar-refractivity contribution >= 4 is 33.5 Å². The van der Waals surface area contributed by atoms with Gasteiger partial charge in [-0.1, -0.05) is 52.7 Å². The van der Waals surface area contributed by atoms with Gasteiger partial charge in [0, 0.05) is 21.9 Å². The Balaban J connectivity index is 1.81. The molecule has 0 spiro atoms. The molecule has 0 amide bonds. The summed E-state index contributed by atoms with van der Waals surface area (Å²) in [6, 6.07) is 12.0. The summed E-state index contributed by atoms with van der Waals surface area (Å²) >= 11 is 3.36. The zero-order chi connectivity index (χ0) is 29.0. The van der Waals surface area contributed by atoms with E-state index in [-0.39, 0.29) is 36.1 Å². The lowest BCUT2D eigenvalue weighted by Gasteiger charge is -2.41. The summed E-state index contributed by atoms with van der Waals surface area (Å²) in [7, 11) is 1.50. The van der Waals surface area contributed by atoms with E-state index in [0.717, 1.165) is 15.6 Å². The lowest BCUT2D eigenvalue weighted by molar-refractivity contribution is -0.128. The monoisotopic (exact) mass is 606 g/mol. The fourth-order valence-corrected chi connectivity index (χ4v) is 5.53. The van der Waals surface area contributed by atoms with Crippen molar-refractivity contribution in [1.29, 1.82) is 0 Å². The molecular formula is C33H35BrO6. The molecule has 7 heteroatoms. The number of carbonyl (C=O) groups excluding carboxylic acids is 3. The van der Waals surface area contributed by atoms with Crippen molar-refractivity contribution in [2.75, 3.05) is 13.7 Å². The summed E-state index contributed by atoms with van der Waals surface area (Å²) in [6.07, 6.45) is 5.61. The Morgan fingerprint density at radius 2 is 1.88 bits per heavy atom. The van der Waals surface area contributed by atoms with E-state index in [0.29, 0.717) is 41.9 Å². The van der Waals surface area contributed by atoms with Gasteiger partial charge in [-0.25, -0.2) is 4.79 Å². The third kappa shape index (κ3) is 5.99. The third-order valence-corrected chi connectivity index (χ3v) is 8.32. The van der Waals surface area contributed by atoms with Crippen LogP contribution >= 0.6 is 15.9 Å². The minimum absolute atomic E-state index is 0.0469. The van der Waals surface area contributed by atoms with Crippen molar-refractivity contribution in [2.24, 2.45) is 11.3 Å². The van der Waals surface area contributed by atoms with Crippen molar-refractivity contribution in [3.05, 3.63) is 98.3 Å². The van der Waals surface area contributed by atoms with Gasteiger partial charge >= 0.3 is 5.97 Å². The molecule has 0 saturated heterocycles. The zero-order valence-electron chi connectivity index (χ0n) is 23.6. The van der Waals surface area contributed by atoms with E-state index < -0.39 is 17.2 Å². The van der Waals surface area contributed by atoms with Crippen LogP contribution in [0.4, 0.5) is 0 Å². The minimum Gasteiger partial charge on any atom is -0.500 e. The summed E-state index contributed by atoms with van der Waals surface area (Å²) in [4.78, 5) is 41.6. The molecular weight excluding hydrogens is 572 g/mol. The molecule has 2 bridgehead atoms. The lowest BCUT2D eigenvalue weighted by atomic mass is 9.61. The summed E-state index contributed by atoms with van der Waals surface area (Å²) in [5.41, 5.74) is 2.39. The highest BCUT2D eigenvalue weighted by Crippen LogP contribution is 2.48. The SMILES string of the molecule is COC1=C2C(=O)c3c(COC(=O)c4ccc(Br)cc4)cccc3OC/C(C)=C\C[C@](CC=C(C)C)(C2=O)[C@@H](C)C1. The lowest BCUT2D eigenvalue weighted by Crippen LogP contribution is -2.44. The molecule has 0 aromatic heterocycles. The Labute approximate surface area is 244 Å². The van der Waals surface area contributed by atoms with Gasteiger partial charge in [-0.3, -0.25) is 9.59 Å². The normalized spacial score (nSPS) is 22.2. The van der Waals surface area contributed by atoms with E-state index in [1.54, 1.807) is 42.5 Å². The predicted molar refractivity (Wildman–Crippen MR) is 157 cm³/mol. The molecule has 0 unspecified atom stereocenters. The second-order valence-corrected chi connectivity index (χ2v) is 11.7. The first kappa shape index (κ1) is 29.5. The number of halogens is 1. The van der Waals surface area contributed by atoms with Gasteiger partial charge in [-0.15, -0.1) is 0 Å². The molecule has 4 rings (SSSR count). The quantitative estimate of drug-likeness (QED) is 0.192. The average molecular weight is 608 g/mol. The number of ether oxygens (including phenoxy) is 3. The summed E-state index contributed by atoms with van der Waals surface area (Å²) in [5, 5.41) is 0. The van der Waals surface area contributed by atoms with Gasteiger partial charge < -0.3 is 14.2 Å². The molecule has 2 atom stereocenters. The highest BCUT2D eigenvalue weighted by atomic mass is 79.9. The molecule has 210 valence electrons. The highest BCUT2D eigenvalue weighted by molar-refractivity contribution is 9.10. The van der Waals surface area contributed by atoms with E-state index in [4.69, 9.17) is 14.2 Å². The highest BCUT2D eigenvalue weighted by Gasteiger charge is 2.50. The molecule has 40 heavy (non-hydrogen) atoms. The zero-order valence-corrected chi connectivity index (χ0v) is 25.2. The molecule has 1 heterocycles. The van der Waals surface area contributed by atoms with Gasteiger partial charge in [0.25, 0.3) is 0 Å². The van der Waals surface area contributed by atoms with Gasteiger partial charge in [-0.05, 0) is 75.4 Å². The molecule has 2 aliphatic rings. The Bertz CT molecular complexity index is 1410. The van der Waals surface area contributed by atoms with Crippen LogP contribution in [0.1, 0.15) is 73.2 Å². The Hall–Kier alpha value is -3.45. The number of methoxy groups -OCH3 is 1. The summed E-state index contributed by atoms with van der Waals surface area (Å²) < 4.78 is 18.3. The number of rotatable bonds is 6. The number of carbonyl (C=O) groups is 3. The number of fused-ring (bicyclic) bond motifs is 3. The Morgan fingerprint density at radius 1 is 1.15 bits per heavy atom. The molecule has 2 aromatic carbocycles. The van der Waals surface area contributed by atoms with Crippen molar-refractivity contribution in [1.82, 2.24) is 0 Å². The van der Waals surface area contributed by atoms with E-state index in [1.807, 2.05) is 20.8 Å². The molecule has 0 N–H and O–H groups in total. The number of Topliss-reactive ketones (excluding diaryl/α,β-unsaturated/α-hetero) is 2. The molecule has 2 aromatic rings. The predicted octanol–water partition coefficient (Wildman–Crippen LogP) is 7.57. The number of allylic oxidation sites excluding steroid dienone is 5. The van der Waals surface area contributed by atoms with Crippen molar-refractivity contribution in [2.45, 2.75) is 53.6 Å². The third-order valence-electron chi connectivity index (χ3n) is 7.79. The van der Waals surface area contributed by atoms with E-state index >= 15 is 0 Å². The molecule has 1 aliphatic carbocycles. The first-order valence-corrected chi connectivity index (χ1v) is 14.2. The maximum absolute atomic E-state index is 14.4. The number of hydrogen-bond acceptors (Lipinski definition) is 6. The maximum atomic E-state index is 14.4. The van der Waals surface area contributed by atoms with Crippen LogP contribution in [-0.4, -0.2) is 31.3 Å². The first-order chi connectivity index (χ1) is 19.1. The van der Waals surface area contributed by atoms with E-state index in [2.05, 4.69) is 35.0 Å². The average Bonchev–Trinajstić information content (AvgIpc) is 2.94. The largest absolute Gasteiger partial charge is 0.500 e. The van der Waals surface area contributed by atoms with Gasteiger partial charge in [-0.2, -0.15) is 0 Å². The smallest absolute Gasteiger partial charge is 0.338 e. The van der Waals surface area contributed by atoms with Crippen molar-refractivity contribution in [3.8, 4) is 5.75 Å². The molecule has 0 saturated carbocycles. The van der Waals surface area contributed by atoms with Crippen LogP contribution in [-0.2, 0) is 20.9 Å². The number of benzene rings is 2. The Kier molecular flexibility index (Phi) is 9.14. The number of esters is 1. The van der Waals surface area contributed by atoms with Gasteiger partial charge in [0.1, 0.15) is 30.3 Å². The van der Waals surface area contributed by atoms with Gasteiger partial charge in [0.05, 0.1) is 18.2 Å². The van der Waals surface area contributed by atoms with Gasteiger partial charge in [0.15, 0.2) is 5.78 Å². The van der Waals surface area contributed by atoms with Crippen LogP contribution in [0.25, 0.3) is 0 Å². The second-order valence-electron chi connectivity index (χ2n) is 10.8. The second kappa shape index (κ2) is 12.4. The minimum atomic E-state index is -0.793. The van der Waals surface area contributed by atoms with Crippen LogP contribution in [0.2, 0.25) is 0 Å². The van der Waals surface area contributed by atoms with Gasteiger partial charge in [0.2, 0.25) is 5.78 Å². The van der Waals surface area contributed by atoms with Crippen LogP contribution in [0.15, 0.2) is 81.6 Å². The fraction of sp³-hybridized carbons (Fsp3) is 0.364. The van der Waals surface area contributed by atoms with Crippen molar-refractivity contribution < 1.29 is 28.6 Å². The summed E-state index contributed by atoms with van der Waals surface area (Å²) in [6.45, 7) is 8.14. The first-order valence-electron chi connectivity index (χ1n) is 13.4. The topological polar surface area (TPSA) is 78.9 Å². The molecule has 0 fully saturated rings. The van der Waals surface area contributed by atoms with Crippen LogP contribution < -0.4 is 4.74 Å². The van der Waals surface area contributed by atoms with Crippen molar-refractivity contribution in [3.63, 3.8) is 0 Å². The van der Waals surface area contributed by atoms with E-state index in [1.165, 1.54) is 7.11 Å². The standard InChI is InChI=1S/C33H35BrO6/c1-20(2)13-15-33-16-14-21(3)18-39-26-8-6-7-24(19-40-32(37)23-9-11-25(34)12-10-23)28(26)30(35)29(31(33)36)27(38-5)17-22(33)4/h6-14,22H,15-19H2,1-5H3/b21-14-/t22-,33-/m0/s1. The maximum Gasteiger partial charge on any atom is 0.338 e. The number of hydrogen-bond donors (Lipinski definition) is 0. The van der Waals surface area contributed by atoms with Crippen LogP contribution in [0.3, 0.4) is 0 Å². The molecule has 6 nitrogen and oxygen atoms in total. The van der Waals surface area contributed by atoms with Crippen LogP contribution in [0.5, 0.6) is 5.75 Å². The Morgan fingerprint density at radius 3 is 2.55 bits per heavy atom. The summed E-state index contributed by atoms with van der Waals surface area (Å²) in [5.74, 6) is -0.545. The molecule has 0 radical (unpaired) electrons. The van der Waals surface area contributed by atoms with E-state index in [9.17, 15) is 14.4 Å². The number of ketones is 2. The van der Waals surface area contributed by atoms with Crippen LogP contribution in [0, 0.1) is 11.3 Å².